The third-order valence-electron chi connectivity index (χ3n) is 7.46. The average Bonchev–Trinajstić information content (AvgIpc) is 3.03. The van der Waals surface area contributed by atoms with E-state index < -0.39 is 67.3 Å². The van der Waals surface area contributed by atoms with E-state index in [1.54, 1.807) is 18.2 Å². The van der Waals surface area contributed by atoms with Crippen molar-refractivity contribution in [1.29, 1.82) is 0 Å². The van der Waals surface area contributed by atoms with Gasteiger partial charge < -0.3 is 68.2 Å². The number of hydrogen-bond acceptors (Lipinski definition) is 15. The second-order valence-electron chi connectivity index (χ2n) is 10.3. The van der Waals surface area contributed by atoms with Gasteiger partial charge in [0.05, 0.1) is 34.5 Å². The summed E-state index contributed by atoms with van der Waals surface area (Å²) in [5, 5.41) is 61.3. The number of rotatable bonds is 9. The SMILES string of the molecule is COc1ccc(-c2cc(=O)c3c(OC)cc(O[C@@H]4OC(CO[C@@H]5OC[C@@H](O)[C@H](O)C5O)[C@@H](O)[C@H](O)C4O)cc3o2)cc1OC. The fraction of sp³-hybridized carbons (Fsp3) is 0.483. The molecule has 2 fully saturated rings. The Hall–Kier alpha value is -3.51. The van der Waals surface area contributed by atoms with E-state index in [1.807, 2.05) is 0 Å². The summed E-state index contributed by atoms with van der Waals surface area (Å²) in [4.78, 5) is 13.1. The van der Waals surface area contributed by atoms with Crippen LogP contribution in [0.1, 0.15) is 0 Å². The molecule has 15 heteroatoms. The molecule has 240 valence electrons. The molecule has 15 nitrogen and oxygen atoms in total. The lowest BCUT2D eigenvalue weighted by Gasteiger charge is -2.41. The van der Waals surface area contributed by atoms with Crippen molar-refractivity contribution in [3.05, 3.63) is 46.6 Å². The summed E-state index contributed by atoms with van der Waals surface area (Å²) in [5.41, 5.74) is 0.187. The van der Waals surface area contributed by atoms with Crippen LogP contribution < -0.4 is 24.4 Å². The largest absolute Gasteiger partial charge is 0.496 e. The Kier molecular flexibility index (Phi) is 9.59. The van der Waals surface area contributed by atoms with Gasteiger partial charge in [0.25, 0.3) is 0 Å². The zero-order valence-corrected chi connectivity index (χ0v) is 23.9. The maximum Gasteiger partial charge on any atom is 0.229 e. The number of fused-ring (bicyclic) bond motifs is 1. The topological polar surface area (TPSA) is 216 Å². The molecule has 44 heavy (non-hydrogen) atoms. The van der Waals surface area contributed by atoms with Crippen molar-refractivity contribution < 1.29 is 68.2 Å². The fourth-order valence-corrected chi connectivity index (χ4v) is 4.99. The Balaban J connectivity index is 1.40. The summed E-state index contributed by atoms with van der Waals surface area (Å²) >= 11 is 0. The molecule has 6 N–H and O–H groups in total. The highest BCUT2D eigenvalue weighted by Crippen LogP contribution is 2.36. The molecule has 0 amide bonds. The fourth-order valence-electron chi connectivity index (χ4n) is 4.99. The Morgan fingerprint density at radius 2 is 1.48 bits per heavy atom. The molecule has 0 saturated carbocycles. The highest BCUT2D eigenvalue weighted by molar-refractivity contribution is 5.86. The standard InChI is InChI=1S/C29H34O15/c1-37-16-5-4-12(6-18(16)38-2)17-9-14(30)22-19(39-3)7-13(8-20(22)43-17)42-29-27(36)25(34)24(33)21(44-29)11-41-28-26(35)23(32)15(31)10-40-28/h4-9,15,21,23-29,31-36H,10-11H2,1-3H3/t15-,21?,23+,24-,25+,26?,27?,28+,29-/m1/s1. The molecule has 2 aliphatic rings. The van der Waals surface area contributed by atoms with Crippen LogP contribution >= 0.6 is 0 Å². The first kappa shape index (κ1) is 31.9. The quantitative estimate of drug-likeness (QED) is 0.171. The zero-order valence-electron chi connectivity index (χ0n) is 23.9. The Morgan fingerprint density at radius 3 is 2.18 bits per heavy atom. The molecule has 3 aromatic rings. The van der Waals surface area contributed by atoms with E-state index in [1.165, 1.54) is 39.5 Å². The van der Waals surface area contributed by atoms with Crippen molar-refractivity contribution in [2.75, 3.05) is 34.5 Å². The maximum atomic E-state index is 13.1. The number of hydrogen-bond donors (Lipinski definition) is 6. The van der Waals surface area contributed by atoms with Crippen LogP contribution in [-0.4, -0.2) is 120 Å². The molecule has 3 unspecified atom stereocenters. The lowest BCUT2D eigenvalue weighted by molar-refractivity contribution is -0.307. The predicted octanol–water partition coefficient (Wildman–Crippen LogP) is -0.872. The van der Waals surface area contributed by atoms with Gasteiger partial charge >= 0.3 is 0 Å². The second-order valence-corrected chi connectivity index (χ2v) is 10.3. The van der Waals surface area contributed by atoms with Gasteiger partial charge in [0.1, 0.15) is 71.0 Å². The summed E-state index contributed by atoms with van der Waals surface area (Å²) in [6, 6.07) is 9.03. The lowest BCUT2D eigenvalue weighted by atomic mass is 9.99. The number of aliphatic hydroxyl groups excluding tert-OH is 6. The molecule has 2 aromatic carbocycles. The van der Waals surface area contributed by atoms with Crippen LogP contribution in [0.25, 0.3) is 22.3 Å². The molecule has 3 heterocycles. The molecule has 1 aromatic heterocycles. The van der Waals surface area contributed by atoms with Crippen LogP contribution in [0.15, 0.2) is 45.6 Å². The van der Waals surface area contributed by atoms with E-state index in [4.69, 9.17) is 37.6 Å². The molecular formula is C29H34O15. The molecule has 2 aliphatic heterocycles. The number of ether oxygens (including phenoxy) is 7. The van der Waals surface area contributed by atoms with Crippen LogP contribution in [0.2, 0.25) is 0 Å². The minimum atomic E-state index is -1.73. The second kappa shape index (κ2) is 13.2. The number of methoxy groups -OCH3 is 3. The molecule has 0 spiro atoms. The summed E-state index contributed by atoms with van der Waals surface area (Å²) in [7, 11) is 4.32. The summed E-state index contributed by atoms with van der Waals surface area (Å²) in [5.74, 6) is 1.23. The van der Waals surface area contributed by atoms with E-state index in [0.717, 1.165) is 0 Å². The molecule has 5 rings (SSSR count). The highest BCUT2D eigenvalue weighted by Gasteiger charge is 2.46. The Labute approximate surface area is 250 Å². The lowest BCUT2D eigenvalue weighted by Crippen LogP contribution is -2.61. The van der Waals surface area contributed by atoms with Crippen molar-refractivity contribution in [2.45, 2.75) is 55.3 Å². The van der Waals surface area contributed by atoms with Crippen molar-refractivity contribution in [3.63, 3.8) is 0 Å². The van der Waals surface area contributed by atoms with Gasteiger partial charge in [-0.2, -0.15) is 0 Å². The first-order chi connectivity index (χ1) is 21.1. The number of benzene rings is 2. The van der Waals surface area contributed by atoms with E-state index >= 15 is 0 Å². The predicted molar refractivity (Wildman–Crippen MR) is 149 cm³/mol. The van der Waals surface area contributed by atoms with E-state index in [-0.39, 0.29) is 34.8 Å². The minimum Gasteiger partial charge on any atom is -0.496 e. The van der Waals surface area contributed by atoms with E-state index in [9.17, 15) is 35.4 Å². The minimum absolute atomic E-state index is 0.0254. The van der Waals surface area contributed by atoms with Gasteiger partial charge in [-0.1, -0.05) is 0 Å². The molecule has 9 atom stereocenters. The zero-order chi connectivity index (χ0) is 31.7. The molecule has 2 saturated heterocycles. The van der Waals surface area contributed by atoms with Crippen LogP contribution in [0, 0.1) is 0 Å². The molecule has 0 radical (unpaired) electrons. The summed E-state index contributed by atoms with van der Waals surface area (Å²) in [6.45, 7) is -0.766. The van der Waals surface area contributed by atoms with Gasteiger partial charge in [0.2, 0.25) is 6.29 Å². The first-order valence-corrected chi connectivity index (χ1v) is 13.6. The molecule has 0 bridgehead atoms. The summed E-state index contributed by atoms with van der Waals surface area (Å²) < 4.78 is 44.2. The maximum absolute atomic E-state index is 13.1. The van der Waals surface area contributed by atoms with Crippen LogP contribution in [0.5, 0.6) is 23.0 Å². The van der Waals surface area contributed by atoms with Gasteiger partial charge in [0, 0.05) is 23.8 Å². The van der Waals surface area contributed by atoms with Crippen molar-refractivity contribution in [1.82, 2.24) is 0 Å². The van der Waals surface area contributed by atoms with Gasteiger partial charge in [-0.25, -0.2) is 0 Å². The van der Waals surface area contributed by atoms with Gasteiger partial charge in [-0.05, 0) is 18.2 Å². The van der Waals surface area contributed by atoms with E-state index in [2.05, 4.69) is 0 Å². The van der Waals surface area contributed by atoms with Gasteiger partial charge in [0.15, 0.2) is 23.2 Å². The highest BCUT2D eigenvalue weighted by atomic mass is 16.7. The Bertz CT molecular complexity index is 1510. The van der Waals surface area contributed by atoms with Crippen molar-refractivity contribution >= 4 is 11.0 Å². The smallest absolute Gasteiger partial charge is 0.229 e. The third kappa shape index (κ3) is 6.19. The van der Waals surface area contributed by atoms with Gasteiger partial charge in [-0.15, -0.1) is 0 Å². The van der Waals surface area contributed by atoms with Crippen LogP contribution in [-0.2, 0) is 14.2 Å². The Morgan fingerprint density at radius 1 is 0.773 bits per heavy atom. The van der Waals surface area contributed by atoms with Crippen molar-refractivity contribution in [2.24, 2.45) is 0 Å². The normalized spacial score (nSPS) is 30.6. The third-order valence-corrected chi connectivity index (χ3v) is 7.46. The van der Waals surface area contributed by atoms with Crippen LogP contribution in [0.4, 0.5) is 0 Å². The summed E-state index contributed by atoms with van der Waals surface area (Å²) in [6.07, 6.45) is -13.7. The monoisotopic (exact) mass is 622 g/mol. The van der Waals surface area contributed by atoms with Crippen LogP contribution in [0.3, 0.4) is 0 Å². The molecular weight excluding hydrogens is 588 g/mol. The van der Waals surface area contributed by atoms with Crippen molar-refractivity contribution in [3.8, 4) is 34.3 Å². The first-order valence-electron chi connectivity index (χ1n) is 13.6. The van der Waals surface area contributed by atoms with E-state index in [0.29, 0.717) is 17.1 Å². The van der Waals surface area contributed by atoms with Gasteiger partial charge in [-0.3, -0.25) is 4.79 Å². The average molecular weight is 623 g/mol. The molecule has 0 aliphatic carbocycles. The number of aliphatic hydroxyl groups is 6.